The van der Waals surface area contributed by atoms with E-state index >= 15 is 0 Å². The van der Waals surface area contributed by atoms with E-state index in [0.29, 0.717) is 0 Å². The van der Waals surface area contributed by atoms with E-state index in [2.05, 4.69) is 15.0 Å². The average Bonchev–Trinajstić information content (AvgIpc) is 2.67. The molecule has 6 nitrogen and oxygen atoms in total. The summed E-state index contributed by atoms with van der Waals surface area (Å²) in [5, 5.41) is 5.93. The summed E-state index contributed by atoms with van der Waals surface area (Å²) in [6.07, 6.45) is 1.28. The van der Waals surface area contributed by atoms with Crippen LogP contribution in [0.25, 0.3) is 0 Å². The Labute approximate surface area is 99.3 Å². The van der Waals surface area contributed by atoms with Crippen LogP contribution in [-0.4, -0.2) is 28.7 Å². The van der Waals surface area contributed by atoms with Crippen molar-refractivity contribution in [2.24, 2.45) is 0 Å². The fourth-order valence-electron chi connectivity index (χ4n) is 1.05. The van der Waals surface area contributed by atoms with Crippen molar-refractivity contribution in [2.45, 2.75) is 39.3 Å². The van der Waals surface area contributed by atoms with E-state index in [4.69, 9.17) is 4.74 Å². The van der Waals surface area contributed by atoms with Crippen LogP contribution in [0.5, 0.6) is 0 Å². The molecule has 6 heteroatoms. The van der Waals surface area contributed by atoms with E-state index in [1.54, 1.807) is 27.7 Å². The van der Waals surface area contributed by atoms with E-state index < -0.39 is 23.5 Å². The van der Waals surface area contributed by atoms with Gasteiger partial charge in [0, 0.05) is 6.07 Å². The molecule has 0 bridgehead atoms. The molecule has 17 heavy (non-hydrogen) atoms. The molecule has 94 valence electrons. The Balaban J connectivity index is 2.52. The number of nitrogens with one attached hydrogen (secondary N) is 1. The lowest BCUT2D eigenvalue weighted by molar-refractivity contribution is -0.156. The number of ether oxygens (including phenoxy) is 1. The number of rotatable bonds is 3. The van der Waals surface area contributed by atoms with Gasteiger partial charge in [0.1, 0.15) is 17.9 Å². The van der Waals surface area contributed by atoms with Crippen LogP contribution in [0.2, 0.25) is 0 Å². The van der Waals surface area contributed by atoms with Crippen molar-refractivity contribution in [3.05, 3.63) is 18.0 Å². The summed E-state index contributed by atoms with van der Waals surface area (Å²) in [5.41, 5.74) is -0.454. The molecule has 0 fully saturated rings. The molecule has 1 heterocycles. The third-order valence-electron chi connectivity index (χ3n) is 1.78. The minimum Gasteiger partial charge on any atom is -0.458 e. The van der Waals surface area contributed by atoms with E-state index in [1.165, 1.54) is 12.3 Å². The van der Waals surface area contributed by atoms with Crippen LogP contribution >= 0.6 is 0 Å². The summed E-state index contributed by atoms with van der Waals surface area (Å²) in [7, 11) is 0. The fraction of sp³-hybridized carbons (Fsp3) is 0.545. The highest BCUT2D eigenvalue weighted by atomic mass is 16.6. The van der Waals surface area contributed by atoms with Crippen molar-refractivity contribution in [1.82, 2.24) is 10.5 Å². The molecule has 1 aromatic heterocycles. The van der Waals surface area contributed by atoms with Crippen molar-refractivity contribution in [2.75, 3.05) is 0 Å². The zero-order valence-corrected chi connectivity index (χ0v) is 10.3. The molecule has 0 saturated heterocycles. The van der Waals surface area contributed by atoms with Gasteiger partial charge in [0.2, 0.25) is 0 Å². The van der Waals surface area contributed by atoms with Crippen molar-refractivity contribution in [3.63, 3.8) is 0 Å². The lowest BCUT2D eigenvalue weighted by atomic mass is 10.2. The number of carbonyl (C=O) groups is 2. The maximum Gasteiger partial charge on any atom is 0.328 e. The van der Waals surface area contributed by atoms with Gasteiger partial charge >= 0.3 is 5.97 Å². The van der Waals surface area contributed by atoms with E-state index in [0.717, 1.165) is 0 Å². The minimum absolute atomic E-state index is 0.125. The highest BCUT2D eigenvalue weighted by molar-refractivity contribution is 5.94. The highest BCUT2D eigenvalue weighted by Gasteiger charge is 2.23. The Hall–Kier alpha value is -1.85. The predicted molar refractivity (Wildman–Crippen MR) is 59.3 cm³/mol. The first kappa shape index (κ1) is 13.2. The van der Waals surface area contributed by atoms with Gasteiger partial charge in [-0.1, -0.05) is 5.16 Å². The minimum atomic E-state index is -0.738. The number of esters is 1. The Kier molecular flexibility index (Phi) is 3.88. The number of hydrogen-bond donors (Lipinski definition) is 1. The molecule has 1 rings (SSSR count). The molecule has 1 N–H and O–H groups in total. The van der Waals surface area contributed by atoms with Crippen LogP contribution in [-0.2, 0) is 9.53 Å². The lowest BCUT2D eigenvalue weighted by Crippen LogP contribution is -2.42. The molecular weight excluding hydrogens is 224 g/mol. The maximum atomic E-state index is 11.6. The first-order chi connectivity index (χ1) is 7.79. The summed E-state index contributed by atoms with van der Waals surface area (Å²) in [4.78, 5) is 23.1. The summed E-state index contributed by atoms with van der Waals surface area (Å²) in [5.74, 6) is -0.966. The summed E-state index contributed by atoms with van der Waals surface area (Å²) in [6.45, 7) is 6.83. The molecular formula is C11H16N2O4. The Bertz CT molecular complexity index is 392. The molecule has 1 aromatic rings. The second-order valence-electron chi connectivity index (χ2n) is 4.61. The SMILES string of the molecule is C[C@H](NC(=O)c1ccon1)C(=O)OC(C)(C)C. The molecule has 0 spiro atoms. The molecule has 0 aliphatic rings. The normalized spacial score (nSPS) is 12.9. The van der Waals surface area contributed by atoms with Gasteiger partial charge in [-0.2, -0.15) is 0 Å². The van der Waals surface area contributed by atoms with Crippen molar-refractivity contribution in [1.29, 1.82) is 0 Å². The zero-order chi connectivity index (χ0) is 13.1. The molecule has 0 aliphatic carbocycles. The second-order valence-corrected chi connectivity index (χ2v) is 4.61. The number of amides is 1. The van der Waals surface area contributed by atoms with E-state index in [9.17, 15) is 9.59 Å². The largest absolute Gasteiger partial charge is 0.458 e. The molecule has 1 atom stereocenters. The monoisotopic (exact) mass is 240 g/mol. The average molecular weight is 240 g/mol. The number of carbonyl (C=O) groups excluding carboxylic acids is 2. The summed E-state index contributed by atoms with van der Waals surface area (Å²) >= 11 is 0. The van der Waals surface area contributed by atoms with Crippen LogP contribution in [0, 0.1) is 0 Å². The van der Waals surface area contributed by atoms with Gasteiger partial charge in [-0.3, -0.25) is 4.79 Å². The second kappa shape index (κ2) is 4.99. The lowest BCUT2D eigenvalue weighted by Gasteiger charge is -2.22. The zero-order valence-electron chi connectivity index (χ0n) is 10.3. The van der Waals surface area contributed by atoms with Gasteiger partial charge < -0.3 is 14.6 Å². The third-order valence-corrected chi connectivity index (χ3v) is 1.78. The van der Waals surface area contributed by atoms with Crippen molar-refractivity contribution < 1.29 is 18.8 Å². The fourth-order valence-corrected chi connectivity index (χ4v) is 1.05. The Morgan fingerprint density at radius 1 is 1.47 bits per heavy atom. The Morgan fingerprint density at radius 3 is 2.59 bits per heavy atom. The van der Waals surface area contributed by atoms with Gasteiger partial charge in [0.15, 0.2) is 5.69 Å². The first-order valence-electron chi connectivity index (χ1n) is 5.24. The van der Waals surface area contributed by atoms with Gasteiger partial charge in [-0.05, 0) is 27.7 Å². The standard InChI is InChI=1S/C11H16N2O4/c1-7(10(15)17-11(2,3)4)12-9(14)8-5-6-16-13-8/h5-7H,1-4H3,(H,12,14)/t7-/m0/s1. The highest BCUT2D eigenvalue weighted by Crippen LogP contribution is 2.08. The number of nitrogens with zero attached hydrogens (tertiary/aromatic N) is 1. The van der Waals surface area contributed by atoms with Crippen LogP contribution in [0.4, 0.5) is 0 Å². The summed E-state index contributed by atoms with van der Waals surface area (Å²) in [6, 6.07) is 0.676. The molecule has 0 aliphatic heterocycles. The first-order valence-corrected chi connectivity index (χ1v) is 5.24. The van der Waals surface area contributed by atoms with Crippen LogP contribution in [0.1, 0.15) is 38.2 Å². The van der Waals surface area contributed by atoms with Crippen molar-refractivity contribution in [3.8, 4) is 0 Å². The van der Waals surface area contributed by atoms with E-state index in [-0.39, 0.29) is 5.69 Å². The van der Waals surface area contributed by atoms with Gasteiger partial charge in [-0.25, -0.2) is 4.79 Å². The molecule has 1 amide bonds. The molecule has 0 radical (unpaired) electrons. The van der Waals surface area contributed by atoms with Gasteiger partial charge in [-0.15, -0.1) is 0 Å². The summed E-state index contributed by atoms with van der Waals surface area (Å²) < 4.78 is 9.65. The molecule has 0 saturated carbocycles. The topological polar surface area (TPSA) is 81.4 Å². The van der Waals surface area contributed by atoms with Crippen LogP contribution in [0.15, 0.2) is 16.9 Å². The smallest absolute Gasteiger partial charge is 0.328 e. The Morgan fingerprint density at radius 2 is 2.12 bits per heavy atom. The third kappa shape index (κ3) is 4.26. The molecule has 0 aromatic carbocycles. The number of hydrogen-bond acceptors (Lipinski definition) is 5. The maximum absolute atomic E-state index is 11.6. The van der Waals surface area contributed by atoms with Crippen LogP contribution in [0.3, 0.4) is 0 Å². The van der Waals surface area contributed by atoms with Crippen LogP contribution < -0.4 is 5.32 Å². The molecule has 0 unspecified atom stereocenters. The van der Waals surface area contributed by atoms with Gasteiger partial charge in [0.25, 0.3) is 5.91 Å². The van der Waals surface area contributed by atoms with E-state index in [1.807, 2.05) is 0 Å². The number of aromatic nitrogens is 1. The predicted octanol–water partition coefficient (Wildman–Crippen LogP) is 1.13. The van der Waals surface area contributed by atoms with Crippen molar-refractivity contribution >= 4 is 11.9 Å². The van der Waals surface area contributed by atoms with Gasteiger partial charge in [0.05, 0.1) is 0 Å². The quantitative estimate of drug-likeness (QED) is 0.801.